The quantitative estimate of drug-likeness (QED) is 0.519. The summed E-state index contributed by atoms with van der Waals surface area (Å²) in [6.45, 7) is 4.16. The topological polar surface area (TPSA) is 85.2 Å². The molecule has 4 aromatic rings. The van der Waals surface area contributed by atoms with Crippen molar-refractivity contribution in [3.63, 3.8) is 0 Å². The molecule has 0 spiro atoms. The molecule has 0 radical (unpaired) electrons. The summed E-state index contributed by atoms with van der Waals surface area (Å²) in [5, 5.41) is 6.54. The molecule has 0 aliphatic carbocycles. The molecule has 0 fully saturated rings. The van der Waals surface area contributed by atoms with Gasteiger partial charge in [-0.25, -0.2) is 9.78 Å². The minimum atomic E-state index is -0.364. The number of aromatic amines is 1. The summed E-state index contributed by atoms with van der Waals surface area (Å²) < 4.78 is 7.96. The van der Waals surface area contributed by atoms with Crippen LogP contribution in [0.5, 0.6) is 0 Å². The number of halogens is 1. The third-order valence-corrected chi connectivity index (χ3v) is 3.93. The maximum atomic E-state index is 11.3. The van der Waals surface area contributed by atoms with E-state index < -0.39 is 0 Å². The molecule has 4 rings (SSSR count). The van der Waals surface area contributed by atoms with Crippen LogP contribution in [0.1, 0.15) is 23.0 Å². The standard InChI is InChI=1S/C9H9N3O2.C8H7BrN2/c1-2-14-9(13)6-3-7-8(10-4-6)5-11-12-7;1-6-4-10-8-3-2-7(9)5-11(6)8/h3-5H,2H2,1H3,(H,11,12);2-5H,1H3. The zero-order valence-electron chi connectivity index (χ0n) is 13.7. The number of nitrogens with zero attached hydrogens (tertiary/aromatic N) is 4. The Morgan fingerprint density at radius 3 is 2.92 bits per heavy atom. The van der Waals surface area contributed by atoms with Crippen LogP contribution in [0.25, 0.3) is 16.7 Å². The van der Waals surface area contributed by atoms with Gasteiger partial charge in [0.15, 0.2) is 0 Å². The highest BCUT2D eigenvalue weighted by molar-refractivity contribution is 9.10. The normalized spacial score (nSPS) is 10.5. The predicted octanol–water partition coefficient (Wildman–Crippen LogP) is 3.54. The molecule has 4 aromatic heterocycles. The second kappa shape index (κ2) is 7.43. The van der Waals surface area contributed by atoms with Crippen LogP contribution in [0.2, 0.25) is 0 Å². The summed E-state index contributed by atoms with van der Waals surface area (Å²) in [4.78, 5) is 19.6. The maximum Gasteiger partial charge on any atom is 0.339 e. The summed E-state index contributed by atoms with van der Waals surface area (Å²) >= 11 is 3.40. The number of pyridine rings is 2. The molecular formula is C17H16BrN5O2. The van der Waals surface area contributed by atoms with Crippen LogP contribution in [0.4, 0.5) is 0 Å². The number of imidazole rings is 1. The number of hydrogen-bond acceptors (Lipinski definition) is 5. The van der Waals surface area contributed by atoms with Gasteiger partial charge in [0.1, 0.15) is 11.2 Å². The maximum absolute atomic E-state index is 11.3. The number of carbonyl (C=O) groups is 1. The first-order chi connectivity index (χ1) is 12.1. The first-order valence-corrected chi connectivity index (χ1v) is 8.43. The Labute approximate surface area is 152 Å². The largest absolute Gasteiger partial charge is 0.462 e. The molecule has 7 nitrogen and oxygen atoms in total. The molecule has 0 bridgehead atoms. The Morgan fingerprint density at radius 1 is 1.28 bits per heavy atom. The van der Waals surface area contributed by atoms with Crippen molar-refractivity contribution in [2.24, 2.45) is 0 Å². The van der Waals surface area contributed by atoms with Gasteiger partial charge in [0.2, 0.25) is 0 Å². The van der Waals surface area contributed by atoms with E-state index in [-0.39, 0.29) is 5.97 Å². The van der Waals surface area contributed by atoms with E-state index in [4.69, 9.17) is 4.74 Å². The van der Waals surface area contributed by atoms with E-state index in [9.17, 15) is 4.79 Å². The molecule has 0 atom stereocenters. The predicted molar refractivity (Wildman–Crippen MR) is 97.5 cm³/mol. The lowest BCUT2D eigenvalue weighted by Gasteiger charge is -2.00. The molecule has 0 aliphatic rings. The van der Waals surface area contributed by atoms with Gasteiger partial charge in [-0.2, -0.15) is 5.10 Å². The number of ether oxygens (including phenoxy) is 1. The molecule has 0 unspecified atom stereocenters. The lowest BCUT2D eigenvalue weighted by Crippen LogP contribution is -2.04. The SMILES string of the molecule is CCOC(=O)c1cnc2cn[nH]c2c1.Cc1cnc2ccc(Br)cn12. The smallest absolute Gasteiger partial charge is 0.339 e. The summed E-state index contributed by atoms with van der Waals surface area (Å²) in [5.74, 6) is -0.364. The van der Waals surface area contributed by atoms with Crippen molar-refractivity contribution in [1.82, 2.24) is 24.6 Å². The Bertz CT molecular complexity index is 1020. The van der Waals surface area contributed by atoms with Gasteiger partial charge < -0.3 is 9.14 Å². The minimum Gasteiger partial charge on any atom is -0.462 e. The van der Waals surface area contributed by atoms with Gasteiger partial charge in [0.25, 0.3) is 0 Å². The highest BCUT2D eigenvalue weighted by Crippen LogP contribution is 2.12. The monoisotopic (exact) mass is 401 g/mol. The van der Waals surface area contributed by atoms with E-state index in [1.165, 1.54) is 6.20 Å². The van der Waals surface area contributed by atoms with Crippen molar-refractivity contribution >= 4 is 38.6 Å². The summed E-state index contributed by atoms with van der Waals surface area (Å²) in [6.07, 6.45) is 6.96. The van der Waals surface area contributed by atoms with Crippen LogP contribution >= 0.6 is 15.9 Å². The third-order valence-electron chi connectivity index (χ3n) is 3.46. The van der Waals surface area contributed by atoms with Gasteiger partial charge in [-0.1, -0.05) is 0 Å². The lowest BCUT2D eigenvalue weighted by atomic mass is 10.2. The van der Waals surface area contributed by atoms with Crippen molar-refractivity contribution in [3.8, 4) is 0 Å². The highest BCUT2D eigenvalue weighted by atomic mass is 79.9. The summed E-state index contributed by atoms with van der Waals surface area (Å²) in [7, 11) is 0. The van der Waals surface area contributed by atoms with Crippen LogP contribution in [0.15, 0.2) is 47.5 Å². The molecule has 0 saturated heterocycles. The number of nitrogens with one attached hydrogen (secondary N) is 1. The Balaban J connectivity index is 0.000000150. The fraction of sp³-hybridized carbons (Fsp3) is 0.176. The lowest BCUT2D eigenvalue weighted by molar-refractivity contribution is 0.0526. The van der Waals surface area contributed by atoms with E-state index in [1.807, 2.05) is 35.9 Å². The number of hydrogen-bond donors (Lipinski definition) is 1. The van der Waals surface area contributed by atoms with Gasteiger partial charge in [0, 0.05) is 28.8 Å². The number of aromatic nitrogens is 5. The molecule has 0 amide bonds. The summed E-state index contributed by atoms with van der Waals surface area (Å²) in [5.41, 5.74) is 4.05. The Morgan fingerprint density at radius 2 is 2.12 bits per heavy atom. The Hall–Kier alpha value is -2.74. The number of fused-ring (bicyclic) bond motifs is 2. The second-order valence-corrected chi connectivity index (χ2v) is 6.14. The molecule has 0 aromatic carbocycles. The average Bonchev–Trinajstić information content (AvgIpc) is 3.22. The third kappa shape index (κ3) is 3.85. The first-order valence-electron chi connectivity index (χ1n) is 7.64. The van der Waals surface area contributed by atoms with Crippen LogP contribution in [0.3, 0.4) is 0 Å². The number of aryl methyl sites for hydroxylation is 1. The van der Waals surface area contributed by atoms with Crippen molar-refractivity contribution < 1.29 is 9.53 Å². The molecule has 25 heavy (non-hydrogen) atoms. The van der Waals surface area contributed by atoms with Crippen molar-refractivity contribution in [2.75, 3.05) is 6.61 Å². The second-order valence-electron chi connectivity index (χ2n) is 5.22. The molecule has 1 N–H and O–H groups in total. The minimum absolute atomic E-state index is 0.361. The fourth-order valence-corrected chi connectivity index (χ4v) is 2.57. The molecule has 8 heteroatoms. The number of carbonyl (C=O) groups excluding carboxylic acids is 1. The molecule has 0 aliphatic heterocycles. The Kier molecular flexibility index (Phi) is 5.08. The van der Waals surface area contributed by atoms with E-state index in [1.54, 1.807) is 19.2 Å². The zero-order valence-corrected chi connectivity index (χ0v) is 15.3. The van der Waals surface area contributed by atoms with Gasteiger partial charge >= 0.3 is 5.97 Å². The zero-order chi connectivity index (χ0) is 17.8. The van der Waals surface area contributed by atoms with Gasteiger partial charge in [-0.05, 0) is 48.0 Å². The van der Waals surface area contributed by atoms with Crippen LogP contribution in [-0.2, 0) is 4.74 Å². The van der Waals surface area contributed by atoms with Gasteiger partial charge in [0.05, 0.1) is 23.9 Å². The van der Waals surface area contributed by atoms with Crippen molar-refractivity contribution in [2.45, 2.75) is 13.8 Å². The van der Waals surface area contributed by atoms with Crippen LogP contribution in [0, 0.1) is 6.92 Å². The number of rotatable bonds is 2. The number of H-pyrrole nitrogens is 1. The van der Waals surface area contributed by atoms with Crippen LogP contribution in [-0.4, -0.2) is 37.1 Å². The first kappa shape index (κ1) is 17.1. The molecule has 4 heterocycles. The molecule has 128 valence electrons. The van der Waals surface area contributed by atoms with Gasteiger partial charge in [-0.15, -0.1) is 0 Å². The molecule has 0 saturated carbocycles. The van der Waals surface area contributed by atoms with Gasteiger partial charge in [-0.3, -0.25) is 10.1 Å². The fourth-order valence-electron chi connectivity index (χ4n) is 2.23. The van der Waals surface area contributed by atoms with Crippen LogP contribution < -0.4 is 0 Å². The van der Waals surface area contributed by atoms with E-state index in [0.29, 0.717) is 12.2 Å². The number of esters is 1. The van der Waals surface area contributed by atoms with E-state index in [0.717, 1.165) is 26.8 Å². The van der Waals surface area contributed by atoms with E-state index >= 15 is 0 Å². The van der Waals surface area contributed by atoms with Crippen molar-refractivity contribution in [3.05, 3.63) is 58.7 Å². The van der Waals surface area contributed by atoms with E-state index in [2.05, 4.69) is 36.1 Å². The van der Waals surface area contributed by atoms with Crippen molar-refractivity contribution in [1.29, 1.82) is 0 Å². The average molecular weight is 402 g/mol. The molecular weight excluding hydrogens is 386 g/mol. The highest BCUT2D eigenvalue weighted by Gasteiger charge is 2.08. The summed E-state index contributed by atoms with van der Waals surface area (Å²) in [6, 6.07) is 5.65.